The zero-order valence-corrected chi connectivity index (χ0v) is 11.5. The maximum absolute atomic E-state index is 12.1. The number of hydrogen-bond donors (Lipinski definition) is 1. The number of aryl methyl sites for hydroxylation is 1. The van der Waals surface area contributed by atoms with E-state index >= 15 is 0 Å². The molecule has 19 heavy (non-hydrogen) atoms. The van der Waals surface area contributed by atoms with Crippen molar-refractivity contribution in [1.29, 1.82) is 0 Å². The van der Waals surface area contributed by atoms with Crippen LogP contribution in [0.4, 0.5) is 0 Å². The molecule has 0 saturated carbocycles. The Morgan fingerprint density at radius 1 is 1.26 bits per heavy atom. The Labute approximate surface area is 111 Å². The Kier molecular flexibility index (Phi) is 3.64. The third-order valence-corrected chi connectivity index (χ3v) is 2.90. The van der Waals surface area contributed by atoms with Gasteiger partial charge in [-0.05, 0) is 18.9 Å². The predicted octanol–water partition coefficient (Wildman–Crippen LogP) is 2.27. The summed E-state index contributed by atoms with van der Waals surface area (Å²) in [6.07, 6.45) is 0. The second-order valence-corrected chi connectivity index (χ2v) is 4.63. The van der Waals surface area contributed by atoms with Crippen LogP contribution in [0.15, 0.2) is 23.0 Å². The van der Waals surface area contributed by atoms with Crippen molar-refractivity contribution in [1.82, 2.24) is 15.0 Å². The fourth-order valence-corrected chi connectivity index (χ4v) is 2.06. The summed E-state index contributed by atoms with van der Waals surface area (Å²) in [5.74, 6) is 1.10. The van der Waals surface area contributed by atoms with Gasteiger partial charge in [-0.15, -0.1) is 0 Å². The largest absolute Gasteiger partial charge is 0.481 e. The summed E-state index contributed by atoms with van der Waals surface area (Å²) in [4.78, 5) is 23.5. The fraction of sp³-hybridized carbons (Fsp3) is 0.357. The van der Waals surface area contributed by atoms with Gasteiger partial charge < -0.3 is 9.72 Å². The number of pyridine rings is 1. The van der Waals surface area contributed by atoms with Crippen LogP contribution in [0.5, 0.6) is 5.88 Å². The van der Waals surface area contributed by atoms with E-state index in [0.29, 0.717) is 23.0 Å². The van der Waals surface area contributed by atoms with Crippen LogP contribution in [0.3, 0.4) is 0 Å². The molecule has 0 unspecified atom stereocenters. The first-order chi connectivity index (χ1) is 9.02. The van der Waals surface area contributed by atoms with E-state index in [1.807, 2.05) is 26.8 Å². The molecular weight excluding hydrogens is 242 g/mol. The third-order valence-electron chi connectivity index (χ3n) is 2.90. The van der Waals surface area contributed by atoms with E-state index in [2.05, 4.69) is 15.0 Å². The van der Waals surface area contributed by atoms with Gasteiger partial charge in [0.1, 0.15) is 5.69 Å². The lowest BCUT2D eigenvalue weighted by atomic mass is 10.0. The van der Waals surface area contributed by atoms with Crippen LogP contribution in [0.2, 0.25) is 0 Å². The third kappa shape index (κ3) is 2.65. The Morgan fingerprint density at radius 2 is 2.00 bits per heavy atom. The van der Waals surface area contributed by atoms with Crippen LogP contribution in [0.1, 0.15) is 31.0 Å². The quantitative estimate of drug-likeness (QED) is 0.918. The second-order valence-electron chi connectivity index (χ2n) is 4.63. The van der Waals surface area contributed by atoms with Crippen LogP contribution in [0, 0.1) is 6.92 Å². The number of H-pyrrole nitrogens is 1. The van der Waals surface area contributed by atoms with Crippen LogP contribution < -0.4 is 10.3 Å². The molecule has 0 amide bonds. The lowest BCUT2D eigenvalue weighted by Crippen LogP contribution is -2.18. The highest BCUT2D eigenvalue weighted by atomic mass is 16.5. The summed E-state index contributed by atoms with van der Waals surface area (Å²) in [7, 11) is 1.55. The first-order valence-corrected chi connectivity index (χ1v) is 6.15. The van der Waals surface area contributed by atoms with Gasteiger partial charge in [0.2, 0.25) is 5.88 Å². The van der Waals surface area contributed by atoms with E-state index < -0.39 is 0 Å². The number of nitrogens with one attached hydrogen (secondary N) is 1. The molecule has 2 rings (SSSR count). The number of ether oxygens (including phenoxy) is 1. The molecule has 100 valence electrons. The molecule has 2 aromatic heterocycles. The van der Waals surface area contributed by atoms with Crippen molar-refractivity contribution in [3.63, 3.8) is 0 Å². The van der Waals surface area contributed by atoms with E-state index in [9.17, 15) is 4.79 Å². The topological polar surface area (TPSA) is 67.9 Å². The lowest BCUT2D eigenvalue weighted by molar-refractivity contribution is 0.398. The molecule has 2 aromatic rings. The predicted molar refractivity (Wildman–Crippen MR) is 73.5 cm³/mol. The minimum Gasteiger partial charge on any atom is -0.481 e. The van der Waals surface area contributed by atoms with Crippen molar-refractivity contribution in [2.45, 2.75) is 26.7 Å². The lowest BCUT2D eigenvalue weighted by Gasteiger charge is -2.09. The smallest absolute Gasteiger partial charge is 0.254 e. The number of hydrogen-bond acceptors (Lipinski definition) is 4. The van der Waals surface area contributed by atoms with Gasteiger partial charge in [-0.2, -0.15) is 0 Å². The molecule has 0 aliphatic carbocycles. The molecule has 1 N–H and O–H groups in total. The molecule has 0 spiro atoms. The molecule has 0 atom stereocenters. The van der Waals surface area contributed by atoms with Crippen molar-refractivity contribution in [2.75, 3.05) is 7.11 Å². The summed E-state index contributed by atoms with van der Waals surface area (Å²) in [6.45, 7) is 5.79. The molecule has 2 heterocycles. The van der Waals surface area contributed by atoms with Crippen LogP contribution in [-0.2, 0) is 0 Å². The van der Waals surface area contributed by atoms with E-state index in [4.69, 9.17) is 4.74 Å². The minimum absolute atomic E-state index is 0.109. The van der Waals surface area contributed by atoms with Crippen molar-refractivity contribution in [2.24, 2.45) is 0 Å². The molecule has 5 nitrogen and oxygen atoms in total. The fourth-order valence-electron chi connectivity index (χ4n) is 2.06. The maximum Gasteiger partial charge on any atom is 0.254 e. The number of rotatable bonds is 3. The van der Waals surface area contributed by atoms with Gasteiger partial charge in [-0.1, -0.05) is 19.9 Å². The van der Waals surface area contributed by atoms with Gasteiger partial charge >= 0.3 is 0 Å². The molecular formula is C14H17N3O2. The van der Waals surface area contributed by atoms with Gasteiger partial charge in [0.05, 0.1) is 7.11 Å². The zero-order valence-electron chi connectivity index (χ0n) is 11.5. The SMILES string of the molecule is COc1cccc(-c2nc(C)c(C(C)C)c(=O)[nH]2)n1. The van der Waals surface area contributed by atoms with Gasteiger partial charge in [0.25, 0.3) is 5.56 Å². The highest BCUT2D eigenvalue weighted by molar-refractivity contribution is 5.50. The van der Waals surface area contributed by atoms with E-state index in [-0.39, 0.29) is 11.5 Å². The summed E-state index contributed by atoms with van der Waals surface area (Å²) < 4.78 is 5.07. The summed E-state index contributed by atoms with van der Waals surface area (Å²) >= 11 is 0. The van der Waals surface area contributed by atoms with Crippen molar-refractivity contribution in [3.05, 3.63) is 39.8 Å². The molecule has 0 radical (unpaired) electrons. The summed E-state index contributed by atoms with van der Waals surface area (Å²) in [5, 5.41) is 0. The van der Waals surface area contributed by atoms with Gasteiger partial charge in [-0.3, -0.25) is 4.79 Å². The minimum atomic E-state index is -0.109. The molecule has 0 bridgehead atoms. The number of aromatic amines is 1. The van der Waals surface area contributed by atoms with Crippen LogP contribution in [0.25, 0.3) is 11.5 Å². The average Bonchev–Trinajstić information content (AvgIpc) is 2.37. The van der Waals surface area contributed by atoms with E-state index in [1.165, 1.54) is 0 Å². The molecule has 0 saturated heterocycles. The Bertz CT molecular complexity index is 647. The summed E-state index contributed by atoms with van der Waals surface area (Å²) in [5.41, 5.74) is 1.93. The van der Waals surface area contributed by atoms with Gasteiger partial charge in [0.15, 0.2) is 5.82 Å². The van der Waals surface area contributed by atoms with Gasteiger partial charge in [-0.25, -0.2) is 9.97 Å². The average molecular weight is 259 g/mol. The van der Waals surface area contributed by atoms with E-state index in [1.54, 1.807) is 19.2 Å². The first-order valence-electron chi connectivity index (χ1n) is 6.15. The van der Waals surface area contributed by atoms with Gasteiger partial charge in [0, 0.05) is 17.3 Å². The van der Waals surface area contributed by atoms with Crippen molar-refractivity contribution in [3.8, 4) is 17.4 Å². The van der Waals surface area contributed by atoms with E-state index in [0.717, 1.165) is 5.69 Å². The second kappa shape index (κ2) is 5.22. The maximum atomic E-state index is 12.1. The Morgan fingerprint density at radius 3 is 2.58 bits per heavy atom. The standard InChI is InChI=1S/C14H17N3O2/c1-8(2)12-9(3)15-13(17-14(12)18)10-6-5-7-11(16-10)19-4/h5-8H,1-4H3,(H,15,17,18). The Hall–Kier alpha value is -2.17. The number of methoxy groups -OCH3 is 1. The number of aromatic nitrogens is 3. The number of nitrogens with zero attached hydrogens (tertiary/aromatic N) is 2. The van der Waals surface area contributed by atoms with Crippen LogP contribution >= 0.6 is 0 Å². The Balaban J connectivity index is 2.55. The van der Waals surface area contributed by atoms with Crippen molar-refractivity contribution >= 4 is 0 Å². The molecule has 0 aliphatic heterocycles. The zero-order chi connectivity index (χ0) is 14.0. The summed E-state index contributed by atoms with van der Waals surface area (Å²) in [6, 6.07) is 5.35. The molecule has 0 aromatic carbocycles. The van der Waals surface area contributed by atoms with Crippen LogP contribution in [-0.4, -0.2) is 22.1 Å². The molecule has 5 heteroatoms. The normalized spacial score (nSPS) is 10.8. The first kappa shape index (κ1) is 13.3. The monoisotopic (exact) mass is 259 g/mol. The highest BCUT2D eigenvalue weighted by Gasteiger charge is 2.13. The van der Waals surface area contributed by atoms with Crippen molar-refractivity contribution < 1.29 is 4.74 Å². The highest BCUT2D eigenvalue weighted by Crippen LogP contribution is 2.18. The molecule has 0 aliphatic rings. The molecule has 0 fully saturated rings.